The van der Waals surface area contributed by atoms with Gasteiger partial charge in [-0.1, -0.05) is 0 Å². The van der Waals surface area contributed by atoms with Gasteiger partial charge in [0, 0.05) is 12.9 Å². The van der Waals surface area contributed by atoms with Crippen LogP contribution < -0.4 is 16.3 Å². The Kier molecular flexibility index (Phi) is 6.61. The van der Waals surface area contributed by atoms with E-state index in [0.29, 0.717) is 0 Å². The highest BCUT2D eigenvalue weighted by atomic mass is 31.2. The fourth-order valence-electron chi connectivity index (χ4n) is 2.69. The van der Waals surface area contributed by atoms with Crippen molar-refractivity contribution in [2.45, 2.75) is 43.9 Å². The minimum atomic E-state index is -3.56. The lowest BCUT2D eigenvalue weighted by molar-refractivity contribution is -0.138. The molecule has 14 heteroatoms. The van der Waals surface area contributed by atoms with Gasteiger partial charge in [0.2, 0.25) is 0 Å². The summed E-state index contributed by atoms with van der Waals surface area (Å²) in [7, 11) is -3.56. The van der Waals surface area contributed by atoms with E-state index in [2.05, 4.69) is 10.1 Å². The number of rotatable bonds is 8. The highest BCUT2D eigenvalue weighted by Gasteiger charge is 2.53. The van der Waals surface area contributed by atoms with Crippen LogP contribution in [0.2, 0.25) is 0 Å². The summed E-state index contributed by atoms with van der Waals surface area (Å²) in [6.07, 6.45) is -2.83. The summed E-state index contributed by atoms with van der Waals surface area (Å²) in [5.41, 5.74) is -1.08. The molecule has 2 rings (SSSR count). The highest BCUT2D eigenvalue weighted by molar-refractivity contribution is 7.56. The van der Waals surface area contributed by atoms with E-state index >= 15 is 0 Å². The van der Waals surface area contributed by atoms with Crippen LogP contribution >= 0.6 is 7.52 Å². The Hall–Kier alpha value is -1.86. The molecule has 6 N–H and O–H groups in total. The minimum Gasteiger partial charge on any atom is -0.480 e. The molecule has 1 saturated heterocycles. The number of carboxylic acids is 1. The smallest absolute Gasteiger partial charge is 0.351 e. The first-order valence-corrected chi connectivity index (χ1v) is 10.2. The van der Waals surface area contributed by atoms with Gasteiger partial charge >= 0.3 is 11.7 Å². The number of anilines is 1. The lowest BCUT2D eigenvalue weighted by atomic mass is 9.96. The molecule has 6 atom stereocenters. The van der Waals surface area contributed by atoms with Crippen molar-refractivity contribution >= 4 is 19.3 Å². The zero-order chi connectivity index (χ0) is 21.3. The van der Waals surface area contributed by atoms with Crippen LogP contribution in [-0.4, -0.2) is 73.2 Å². The number of aromatic nitrogens is 2. The first-order valence-electron chi connectivity index (χ1n) is 8.17. The van der Waals surface area contributed by atoms with Gasteiger partial charge in [0.1, 0.15) is 23.9 Å². The highest BCUT2D eigenvalue weighted by Crippen LogP contribution is 2.42. The van der Waals surface area contributed by atoms with Gasteiger partial charge in [-0.3, -0.25) is 24.6 Å². The lowest BCUT2D eigenvalue weighted by Crippen LogP contribution is -2.46. The molecule has 0 aromatic carbocycles. The number of ether oxygens (including phenoxy) is 1. The van der Waals surface area contributed by atoms with Crippen LogP contribution in [0.25, 0.3) is 0 Å². The number of carboxylic acid groups (broad SMARTS) is 1. The van der Waals surface area contributed by atoms with E-state index in [-0.39, 0.29) is 5.82 Å². The van der Waals surface area contributed by atoms with Crippen molar-refractivity contribution < 1.29 is 39.1 Å². The molecular formula is C14H23N4O9P. The maximum Gasteiger partial charge on any atom is 0.351 e. The number of nitrogens with zero attached hydrogens (tertiary/aromatic N) is 2. The van der Waals surface area contributed by atoms with E-state index in [1.165, 1.54) is 32.8 Å². The molecule has 0 saturated carbocycles. The molecule has 0 aliphatic carbocycles. The van der Waals surface area contributed by atoms with E-state index in [1.54, 1.807) is 5.48 Å². The van der Waals surface area contributed by atoms with Crippen LogP contribution in [0.3, 0.4) is 0 Å². The average molecular weight is 422 g/mol. The largest absolute Gasteiger partial charge is 0.480 e. The molecule has 158 valence electrons. The quantitative estimate of drug-likeness (QED) is 0.220. The van der Waals surface area contributed by atoms with Gasteiger partial charge in [0.25, 0.3) is 7.52 Å². The molecule has 1 aromatic heterocycles. The number of nitrogens with one attached hydrogen (secondary N) is 2. The number of aliphatic hydroxyl groups excluding tert-OH is 1. The van der Waals surface area contributed by atoms with Crippen LogP contribution in [0.5, 0.6) is 0 Å². The maximum absolute atomic E-state index is 12.3. The van der Waals surface area contributed by atoms with Gasteiger partial charge in [-0.05, 0) is 19.9 Å². The minimum absolute atomic E-state index is 0.120. The van der Waals surface area contributed by atoms with Crippen LogP contribution in [0.1, 0.15) is 20.1 Å². The van der Waals surface area contributed by atoms with Crippen molar-refractivity contribution in [3.8, 4) is 0 Å². The SMILES string of the molecule is C[C@H](NP(C)(=O)OC[C@H]1O[C@@H](n2ccc(NO)nc2=O)[C@](C)(O)C1O)C(=O)O. The van der Waals surface area contributed by atoms with E-state index in [4.69, 9.17) is 19.6 Å². The molecule has 1 fully saturated rings. The number of hydrogen-bond donors (Lipinski definition) is 6. The summed E-state index contributed by atoms with van der Waals surface area (Å²) in [6.45, 7) is 3.25. The summed E-state index contributed by atoms with van der Waals surface area (Å²) in [4.78, 5) is 26.5. The normalized spacial score (nSPS) is 30.6. The molecule has 0 radical (unpaired) electrons. The summed E-state index contributed by atoms with van der Waals surface area (Å²) in [6, 6.07) is 0.110. The monoisotopic (exact) mass is 422 g/mol. The zero-order valence-corrected chi connectivity index (χ0v) is 16.2. The Bertz CT molecular complexity index is 829. The van der Waals surface area contributed by atoms with E-state index in [0.717, 1.165) is 4.57 Å². The van der Waals surface area contributed by atoms with Crippen LogP contribution in [-0.2, 0) is 18.6 Å². The lowest BCUT2D eigenvalue weighted by Gasteiger charge is -2.27. The standard InChI is InChI=1S/C14H23N4O9P/c1-7(11(20)21)17-28(3,25)26-6-8-10(19)14(2,23)12(27-8)18-5-4-9(16-24)15-13(18)22/h4-5,7-8,10,12,19,23-24H,6H2,1-3H3,(H,17,25)(H,20,21)(H,15,16,22)/t7-,8+,10?,12+,14+,28?/m0/s1. The molecule has 0 amide bonds. The van der Waals surface area contributed by atoms with Crippen molar-refractivity contribution in [2.24, 2.45) is 0 Å². The van der Waals surface area contributed by atoms with Gasteiger partial charge in [-0.2, -0.15) is 4.98 Å². The fourth-order valence-corrected chi connectivity index (χ4v) is 4.01. The third kappa shape index (κ3) is 4.75. The summed E-state index contributed by atoms with van der Waals surface area (Å²) in [5.74, 6) is -1.34. The predicted octanol–water partition coefficient (Wildman–Crippen LogP) is -1.04. The Morgan fingerprint density at radius 1 is 1.57 bits per heavy atom. The van der Waals surface area contributed by atoms with Crippen molar-refractivity contribution in [1.29, 1.82) is 0 Å². The molecule has 13 nitrogen and oxygen atoms in total. The predicted molar refractivity (Wildman–Crippen MR) is 94.2 cm³/mol. The third-order valence-corrected chi connectivity index (χ3v) is 5.73. The Balaban J connectivity index is 2.14. The molecule has 1 aromatic rings. The van der Waals surface area contributed by atoms with Crippen LogP contribution in [0.15, 0.2) is 17.1 Å². The number of carbonyl (C=O) groups is 1. The van der Waals surface area contributed by atoms with Gasteiger partial charge in [0.15, 0.2) is 12.0 Å². The van der Waals surface area contributed by atoms with Crippen LogP contribution in [0, 0.1) is 0 Å². The first-order chi connectivity index (χ1) is 12.9. The number of aliphatic carboxylic acids is 1. The molecule has 2 unspecified atom stereocenters. The van der Waals surface area contributed by atoms with Crippen molar-refractivity contribution in [3.63, 3.8) is 0 Å². The van der Waals surface area contributed by atoms with Gasteiger partial charge < -0.3 is 24.6 Å². The molecule has 0 spiro atoms. The fraction of sp³-hybridized carbons (Fsp3) is 0.643. The van der Waals surface area contributed by atoms with E-state index in [9.17, 15) is 24.4 Å². The average Bonchev–Trinajstić information content (AvgIpc) is 2.82. The Morgan fingerprint density at radius 3 is 2.75 bits per heavy atom. The van der Waals surface area contributed by atoms with Crippen molar-refractivity contribution in [1.82, 2.24) is 14.6 Å². The van der Waals surface area contributed by atoms with Crippen molar-refractivity contribution in [3.05, 3.63) is 22.7 Å². The maximum atomic E-state index is 12.3. The molecule has 1 aliphatic rings. The van der Waals surface area contributed by atoms with E-state index in [1.807, 2.05) is 0 Å². The number of aliphatic hydroxyl groups is 2. The summed E-state index contributed by atoms with van der Waals surface area (Å²) >= 11 is 0. The van der Waals surface area contributed by atoms with Gasteiger partial charge in [0.05, 0.1) is 6.61 Å². The summed E-state index contributed by atoms with van der Waals surface area (Å²) < 4.78 is 24.0. The van der Waals surface area contributed by atoms with Gasteiger partial charge in [-0.25, -0.2) is 9.88 Å². The second-order valence-corrected chi connectivity index (χ2v) is 8.85. The Labute approximate surface area is 159 Å². The topological polar surface area (TPSA) is 192 Å². The first kappa shape index (κ1) is 22.4. The zero-order valence-electron chi connectivity index (χ0n) is 15.3. The van der Waals surface area contributed by atoms with Crippen molar-refractivity contribution in [2.75, 3.05) is 18.8 Å². The van der Waals surface area contributed by atoms with E-state index < -0.39 is 55.9 Å². The molecule has 28 heavy (non-hydrogen) atoms. The third-order valence-electron chi connectivity index (χ3n) is 4.24. The second kappa shape index (κ2) is 8.25. The Morgan fingerprint density at radius 2 is 2.21 bits per heavy atom. The summed E-state index contributed by atoms with van der Waals surface area (Å²) in [5, 5.41) is 40.9. The molecular weight excluding hydrogens is 399 g/mol. The van der Waals surface area contributed by atoms with Crippen LogP contribution in [0.4, 0.5) is 5.82 Å². The second-order valence-electron chi connectivity index (χ2n) is 6.64. The molecule has 2 heterocycles. The number of hydrogen-bond acceptors (Lipinski definition) is 10. The van der Waals surface area contributed by atoms with Gasteiger partial charge in [-0.15, -0.1) is 0 Å². The molecule has 0 bridgehead atoms. The molecule has 1 aliphatic heterocycles.